The minimum absolute atomic E-state index is 0.0227. The van der Waals surface area contributed by atoms with Crippen molar-refractivity contribution in [3.8, 4) is 0 Å². The van der Waals surface area contributed by atoms with E-state index < -0.39 is 0 Å². The number of nitrogens with zero attached hydrogens (tertiary/aromatic N) is 2. The van der Waals surface area contributed by atoms with Crippen molar-refractivity contribution in [2.24, 2.45) is 0 Å². The number of halogens is 1. The number of benzene rings is 2. The summed E-state index contributed by atoms with van der Waals surface area (Å²) in [5.41, 5.74) is 9.92. The first-order valence-electron chi connectivity index (χ1n) is 8.48. The second-order valence-corrected chi connectivity index (χ2v) is 6.64. The molecule has 4 rings (SSSR count). The van der Waals surface area contributed by atoms with E-state index in [1.165, 1.54) is 5.56 Å². The summed E-state index contributed by atoms with van der Waals surface area (Å²) in [5.74, 6) is -0.283. The van der Waals surface area contributed by atoms with E-state index in [1.807, 2.05) is 12.1 Å². The predicted octanol–water partition coefficient (Wildman–Crippen LogP) is 3.15. The average Bonchev–Trinajstić information content (AvgIpc) is 2.66. The monoisotopic (exact) mass is 367 g/mol. The van der Waals surface area contributed by atoms with Crippen LogP contribution < -0.4 is 16.4 Å². The third-order valence-electron chi connectivity index (χ3n) is 4.51. The molecule has 0 spiro atoms. The lowest BCUT2D eigenvalue weighted by Crippen LogP contribution is -2.26. The molecular weight excluding hydrogens is 350 g/mol. The van der Waals surface area contributed by atoms with E-state index in [2.05, 4.69) is 26.7 Å². The fourth-order valence-electron chi connectivity index (χ4n) is 3.29. The van der Waals surface area contributed by atoms with Crippen LogP contribution in [0.1, 0.15) is 28.0 Å². The van der Waals surface area contributed by atoms with E-state index in [9.17, 15) is 4.79 Å². The molecule has 4 N–H and O–H groups in total. The number of nitrogens with two attached hydrogens (primary N) is 1. The van der Waals surface area contributed by atoms with E-state index in [0.717, 1.165) is 30.6 Å². The van der Waals surface area contributed by atoms with Gasteiger partial charge in [-0.1, -0.05) is 41.9 Å². The van der Waals surface area contributed by atoms with Gasteiger partial charge in [-0.3, -0.25) is 4.79 Å². The van der Waals surface area contributed by atoms with Crippen LogP contribution in [0, 0.1) is 0 Å². The van der Waals surface area contributed by atoms with Crippen LogP contribution in [-0.2, 0) is 13.0 Å². The van der Waals surface area contributed by atoms with Gasteiger partial charge in [-0.25, -0.2) is 9.97 Å². The molecule has 0 radical (unpaired) electrons. The van der Waals surface area contributed by atoms with Gasteiger partial charge in [0.1, 0.15) is 5.69 Å². The largest absolute Gasteiger partial charge is 0.385 e. The number of para-hydroxylation sites is 2. The van der Waals surface area contributed by atoms with E-state index in [-0.39, 0.29) is 17.5 Å². The lowest BCUT2D eigenvalue weighted by molar-refractivity contribution is 0.0948. The number of anilines is 2. The van der Waals surface area contributed by atoms with Gasteiger partial charge in [-0.2, -0.15) is 0 Å². The van der Waals surface area contributed by atoms with Gasteiger partial charge in [0.2, 0.25) is 5.95 Å². The topological polar surface area (TPSA) is 92.9 Å². The molecule has 26 heavy (non-hydrogen) atoms. The Balaban J connectivity index is 1.62. The van der Waals surface area contributed by atoms with Crippen molar-refractivity contribution < 1.29 is 4.79 Å². The number of hydrogen-bond acceptors (Lipinski definition) is 5. The molecule has 2 heterocycles. The first-order valence-corrected chi connectivity index (χ1v) is 8.86. The number of amides is 1. The molecule has 3 aromatic rings. The highest BCUT2D eigenvalue weighted by atomic mass is 35.5. The second kappa shape index (κ2) is 6.80. The van der Waals surface area contributed by atoms with Gasteiger partial charge in [0.15, 0.2) is 0 Å². The highest BCUT2D eigenvalue weighted by molar-refractivity contribution is 6.35. The maximum absolute atomic E-state index is 12.7. The molecule has 0 saturated heterocycles. The lowest BCUT2D eigenvalue weighted by atomic mass is 9.99. The first-order chi connectivity index (χ1) is 12.6. The lowest BCUT2D eigenvalue weighted by Gasteiger charge is -2.21. The van der Waals surface area contributed by atoms with Crippen molar-refractivity contribution in [3.05, 3.63) is 58.2 Å². The van der Waals surface area contributed by atoms with Crippen molar-refractivity contribution in [3.63, 3.8) is 0 Å². The standard InChI is InChI=1S/C19H18ClN5O/c20-14-8-2-7-13-16(14)24-19(21)25-17(13)18(26)23-10-12-5-1-4-11-6-3-9-22-15(11)12/h1-2,4-5,7-8,22H,3,6,9-10H2,(H,23,26)(H2,21,24,25). The number of hydrogen-bond donors (Lipinski definition) is 3. The zero-order valence-corrected chi connectivity index (χ0v) is 14.8. The third kappa shape index (κ3) is 3.04. The number of aryl methyl sites for hydroxylation is 1. The molecule has 0 bridgehead atoms. The van der Waals surface area contributed by atoms with Crippen LogP contribution in [0.2, 0.25) is 5.02 Å². The number of nitrogen functional groups attached to an aromatic ring is 1. The van der Waals surface area contributed by atoms with Crippen LogP contribution in [0.15, 0.2) is 36.4 Å². The minimum Gasteiger partial charge on any atom is -0.385 e. The van der Waals surface area contributed by atoms with Crippen molar-refractivity contribution in [1.82, 2.24) is 15.3 Å². The van der Waals surface area contributed by atoms with Gasteiger partial charge in [-0.15, -0.1) is 0 Å². The smallest absolute Gasteiger partial charge is 0.271 e. The maximum Gasteiger partial charge on any atom is 0.271 e. The van der Waals surface area contributed by atoms with Crippen LogP contribution in [-0.4, -0.2) is 22.4 Å². The Labute approximate surface area is 155 Å². The molecule has 0 atom stereocenters. The van der Waals surface area contributed by atoms with Gasteiger partial charge in [0.25, 0.3) is 5.91 Å². The van der Waals surface area contributed by atoms with Crippen molar-refractivity contribution in [1.29, 1.82) is 0 Å². The Kier molecular flexibility index (Phi) is 4.34. The Morgan fingerprint density at radius 3 is 2.96 bits per heavy atom. The Morgan fingerprint density at radius 2 is 2.08 bits per heavy atom. The molecule has 0 unspecified atom stereocenters. The SMILES string of the molecule is Nc1nc(C(=O)NCc2cccc3c2NCCC3)c2cccc(Cl)c2n1. The van der Waals surface area contributed by atoms with E-state index in [4.69, 9.17) is 17.3 Å². The van der Waals surface area contributed by atoms with Crippen LogP contribution in [0.25, 0.3) is 10.9 Å². The molecule has 1 aliphatic heterocycles. The van der Waals surface area contributed by atoms with E-state index in [0.29, 0.717) is 22.5 Å². The third-order valence-corrected chi connectivity index (χ3v) is 4.82. The van der Waals surface area contributed by atoms with Gasteiger partial charge in [-0.05, 0) is 30.0 Å². The molecule has 1 amide bonds. The Bertz CT molecular complexity index is 1000. The molecule has 1 aliphatic rings. The summed E-state index contributed by atoms with van der Waals surface area (Å²) in [7, 11) is 0. The Hall–Kier alpha value is -2.86. The summed E-state index contributed by atoms with van der Waals surface area (Å²) in [6.07, 6.45) is 2.17. The van der Waals surface area contributed by atoms with Gasteiger partial charge < -0.3 is 16.4 Å². The van der Waals surface area contributed by atoms with Crippen LogP contribution in [0.5, 0.6) is 0 Å². The molecule has 132 valence electrons. The number of carbonyl (C=O) groups is 1. The predicted molar refractivity (Wildman–Crippen MR) is 103 cm³/mol. The van der Waals surface area contributed by atoms with Crippen LogP contribution in [0.3, 0.4) is 0 Å². The summed E-state index contributed by atoms with van der Waals surface area (Å²) in [6, 6.07) is 11.4. The van der Waals surface area contributed by atoms with Crippen molar-refractivity contribution >= 4 is 40.0 Å². The zero-order valence-electron chi connectivity index (χ0n) is 14.1. The molecule has 7 heteroatoms. The summed E-state index contributed by atoms with van der Waals surface area (Å²) in [4.78, 5) is 21.0. The summed E-state index contributed by atoms with van der Waals surface area (Å²) in [6.45, 7) is 1.35. The summed E-state index contributed by atoms with van der Waals surface area (Å²) < 4.78 is 0. The highest BCUT2D eigenvalue weighted by Gasteiger charge is 2.17. The minimum atomic E-state index is -0.306. The van der Waals surface area contributed by atoms with E-state index in [1.54, 1.807) is 18.2 Å². The Morgan fingerprint density at radius 1 is 1.23 bits per heavy atom. The molecular formula is C19H18ClN5O. The van der Waals surface area contributed by atoms with Crippen LogP contribution >= 0.6 is 11.6 Å². The average molecular weight is 368 g/mol. The molecule has 2 aromatic carbocycles. The first kappa shape index (κ1) is 16.6. The summed E-state index contributed by atoms with van der Waals surface area (Å²) in [5, 5.41) is 7.38. The number of aromatic nitrogens is 2. The number of nitrogens with one attached hydrogen (secondary N) is 2. The quantitative estimate of drug-likeness (QED) is 0.661. The fourth-order valence-corrected chi connectivity index (χ4v) is 3.51. The fraction of sp³-hybridized carbons (Fsp3) is 0.211. The molecule has 0 aliphatic carbocycles. The van der Waals surface area contributed by atoms with Gasteiger partial charge in [0.05, 0.1) is 10.5 Å². The van der Waals surface area contributed by atoms with Crippen molar-refractivity contribution in [2.45, 2.75) is 19.4 Å². The highest BCUT2D eigenvalue weighted by Crippen LogP contribution is 2.27. The van der Waals surface area contributed by atoms with Gasteiger partial charge >= 0.3 is 0 Å². The zero-order chi connectivity index (χ0) is 18.1. The number of fused-ring (bicyclic) bond motifs is 2. The number of rotatable bonds is 3. The number of carbonyl (C=O) groups excluding carboxylic acids is 1. The second-order valence-electron chi connectivity index (χ2n) is 6.23. The van der Waals surface area contributed by atoms with Crippen molar-refractivity contribution in [2.75, 3.05) is 17.6 Å². The van der Waals surface area contributed by atoms with E-state index >= 15 is 0 Å². The van der Waals surface area contributed by atoms with Crippen LogP contribution in [0.4, 0.5) is 11.6 Å². The molecule has 0 saturated carbocycles. The molecule has 0 fully saturated rings. The summed E-state index contributed by atoms with van der Waals surface area (Å²) >= 11 is 6.17. The molecule has 1 aromatic heterocycles. The maximum atomic E-state index is 12.7. The molecule has 6 nitrogen and oxygen atoms in total. The normalized spacial score (nSPS) is 13.1. The van der Waals surface area contributed by atoms with Gasteiger partial charge in [0, 0.05) is 24.2 Å².